The lowest BCUT2D eigenvalue weighted by atomic mass is 10.0. The number of hydrogen-bond acceptors (Lipinski definition) is 1. The topological polar surface area (TPSA) is 0 Å². The Balaban J connectivity index is 1.98. The molecule has 0 saturated heterocycles. The molecule has 2 aromatic rings. The first kappa shape index (κ1) is 12.5. The molecule has 0 fully saturated rings. The summed E-state index contributed by atoms with van der Waals surface area (Å²) < 4.78 is 0. The molecule has 0 aromatic heterocycles. The minimum atomic E-state index is 0.303. The zero-order valence-electron chi connectivity index (χ0n) is 9.51. The molecule has 1 unspecified atom stereocenters. The van der Waals surface area contributed by atoms with Crippen LogP contribution in [0, 0.1) is 0 Å². The highest BCUT2D eigenvalue weighted by atomic mass is 35.5. The first-order valence-corrected chi connectivity index (χ1v) is 6.60. The normalized spacial score (nSPS) is 12.4. The summed E-state index contributed by atoms with van der Waals surface area (Å²) in [5, 5.41) is 1.14. The number of hydrogen-bond donors (Lipinski definition) is 1. The Morgan fingerprint density at radius 3 is 2.24 bits per heavy atom. The highest BCUT2D eigenvalue weighted by molar-refractivity contribution is 7.80. The average molecular weight is 263 g/mol. The van der Waals surface area contributed by atoms with E-state index in [9.17, 15) is 0 Å². The van der Waals surface area contributed by atoms with Gasteiger partial charge in [-0.3, -0.25) is 0 Å². The van der Waals surface area contributed by atoms with Crippen molar-refractivity contribution < 1.29 is 0 Å². The maximum Gasteiger partial charge on any atom is 0.0438 e. The van der Waals surface area contributed by atoms with Crippen molar-refractivity contribution >= 4 is 24.2 Å². The van der Waals surface area contributed by atoms with Crippen LogP contribution in [-0.2, 0) is 12.8 Å². The summed E-state index contributed by atoms with van der Waals surface area (Å²) in [6.45, 7) is 0. The molecule has 2 aromatic carbocycles. The lowest BCUT2D eigenvalue weighted by Gasteiger charge is -2.11. The molecule has 88 valence electrons. The van der Waals surface area contributed by atoms with Gasteiger partial charge in [-0.25, -0.2) is 0 Å². The molecule has 0 heterocycles. The van der Waals surface area contributed by atoms with Crippen molar-refractivity contribution in [1.82, 2.24) is 0 Å². The Morgan fingerprint density at radius 1 is 0.882 bits per heavy atom. The molecule has 2 heteroatoms. The van der Waals surface area contributed by atoms with Crippen LogP contribution in [0.2, 0.25) is 5.02 Å². The van der Waals surface area contributed by atoms with Crippen molar-refractivity contribution in [2.45, 2.75) is 18.1 Å². The molecule has 0 spiro atoms. The van der Waals surface area contributed by atoms with E-state index < -0.39 is 0 Å². The zero-order valence-corrected chi connectivity index (χ0v) is 11.2. The third-order valence-electron chi connectivity index (χ3n) is 2.73. The van der Waals surface area contributed by atoms with E-state index in [1.54, 1.807) is 0 Å². The second-order valence-electron chi connectivity index (χ2n) is 4.14. The van der Waals surface area contributed by atoms with Crippen molar-refractivity contribution in [1.29, 1.82) is 0 Å². The van der Waals surface area contributed by atoms with Crippen molar-refractivity contribution in [2.75, 3.05) is 0 Å². The fourth-order valence-electron chi connectivity index (χ4n) is 1.88. The Morgan fingerprint density at radius 2 is 1.53 bits per heavy atom. The van der Waals surface area contributed by atoms with E-state index in [4.69, 9.17) is 11.6 Å². The highest BCUT2D eigenvalue weighted by Crippen LogP contribution is 2.20. The molecule has 0 bridgehead atoms. The predicted octanol–water partition coefficient (Wildman–Crippen LogP) is 4.42. The zero-order chi connectivity index (χ0) is 12.1. The Kier molecular flexibility index (Phi) is 4.52. The van der Waals surface area contributed by atoms with Gasteiger partial charge in [-0.05, 0) is 30.0 Å². The molecular weight excluding hydrogens is 248 g/mol. The molecule has 0 nitrogen and oxygen atoms in total. The summed E-state index contributed by atoms with van der Waals surface area (Å²) in [7, 11) is 0. The van der Waals surface area contributed by atoms with Crippen molar-refractivity contribution in [3.8, 4) is 0 Å². The minimum Gasteiger partial charge on any atom is -0.175 e. The molecular formula is C15H15ClS. The van der Waals surface area contributed by atoms with Crippen LogP contribution >= 0.6 is 24.2 Å². The summed E-state index contributed by atoms with van der Waals surface area (Å²) in [4.78, 5) is 0. The summed E-state index contributed by atoms with van der Waals surface area (Å²) in [5.74, 6) is 0. The quantitative estimate of drug-likeness (QED) is 0.775. The third-order valence-corrected chi connectivity index (χ3v) is 3.46. The molecule has 0 aliphatic rings. The van der Waals surface area contributed by atoms with E-state index in [0.29, 0.717) is 5.25 Å². The van der Waals surface area contributed by atoms with Crippen LogP contribution in [0.3, 0.4) is 0 Å². The average Bonchev–Trinajstić information content (AvgIpc) is 2.33. The fraction of sp³-hybridized carbons (Fsp3) is 0.200. The second kappa shape index (κ2) is 6.13. The highest BCUT2D eigenvalue weighted by Gasteiger charge is 2.07. The van der Waals surface area contributed by atoms with E-state index in [2.05, 4.69) is 43.0 Å². The van der Waals surface area contributed by atoms with Gasteiger partial charge in [-0.15, -0.1) is 0 Å². The van der Waals surface area contributed by atoms with Gasteiger partial charge in [-0.1, -0.05) is 60.1 Å². The number of thiol groups is 1. The van der Waals surface area contributed by atoms with Crippen LogP contribution in [0.15, 0.2) is 54.6 Å². The van der Waals surface area contributed by atoms with E-state index in [-0.39, 0.29) is 0 Å². The van der Waals surface area contributed by atoms with Crippen LogP contribution in [0.25, 0.3) is 0 Å². The molecule has 0 saturated carbocycles. The molecule has 1 atom stereocenters. The Hall–Kier alpha value is -0.920. The van der Waals surface area contributed by atoms with Crippen molar-refractivity contribution in [2.24, 2.45) is 0 Å². The molecule has 17 heavy (non-hydrogen) atoms. The van der Waals surface area contributed by atoms with Crippen LogP contribution in [0.4, 0.5) is 0 Å². The third kappa shape index (κ3) is 3.79. The van der Waals surface area contributed by atoms with E-state index in [1.807, 2.05) is 24.3 Å². The lowest BCUT2D eigenvalue weighted by Crippen LogP contribution is -2.07. The smallest absolute Gasteiger partial charge is 0.0438 e. The van der Waals surface area contributed by atoms with Gasteiger partial charge >= 0.3 is 0 Å². The van der Waals surface area contributed by atoms with Gasteiger partial charge in [0.1, 0.15) is 0 Å². The fourth-order valence-corrected chi connectivity index (χ4v) is 2.50. The first-order valence-electron chi connectivity index (χ1n) is 5.71. The molecule has 0 amide bonds. The lowest BCUT2D eigenvalue weighted by molar-refractivity contribution is 0.848. The predicted molar refractivity (Wildman–Crippen MR) is 78.1 cm³/mol. The second-order valence-corrected chi connectivity index (χ2v) is 5.28. The van der Waals surface area contributed by atoms with Crippen LogP contribution in [0.1, 0.15) is 11.1 Å². The van der Waals surface area contributed by atoms with E-state index in [0.717, 1.165) is 17.9 Å². The van der Waals surface area contributed by atoms with Crippen LogP contribution in [-0.4, -0.2) is 5.25 Å². The minimum absolute atomic E-state index is 0.303. The summed E-state index contributed by atoms with van der Waals surface area (Å²) in [6.07, 6.45) is 1.87. The van der Waals surface area contributed by atoms with Gasteiger partial charge in [-0.2, -0.15) is 12.6 Å². The molecule has 0 aliphatic heterocycles. The van der Waals surface area contributed by atoms with Crippen molar-refractivity contribution in [3.05, 3.63) is 70.7 Å². The molecule has 0 radical (unpaired) electrons. The Bertz CT molecular complexity index is 467. The van der Waals surface area contributed by atoms with E-state index >= 15 is 0 Å². The summed E-state index contributed by atoms with van der Waals surface area (Å²) in [6, 6.07) is 18.4. The SMILES string of the molecule is SC(Cc1ccccc1)Cc1ccccc1Cl. The Labute approximate surface area is 113 Å². The number of halogens is 1. The van der Waals surface area contributed by atoms with Gasteiger partial charge in [0.25, 0.3) is 0 Å². The van der Waals surface area contributed by atoms with Gasteiger partial charge in [0.15, 0.2) is 0 Å². The summed E-state index contributed by atoms with van der Waals surface area (Å²) >= 11 is 10.8. The number of benzene rings is 2. The largest absolute Gasteiger partial charge is 0.175 e. The van der Waals surface area contributed by atoms with Gasteiger partial charge in [0.05, 0.1) is 0 Å². The molecule has 2 rings (SSSR count). The molecule has 0 aliphatic carbocycles. The standard InChI is InChI=1S/C15H15ClS/c16-15-9-5-4-8-13(15)11-14(17)10-12-6-2-1-3-7-12/h1-9,14,17H,10-11H2. The number of rotatable bonds is 4. The van der Waals surface area contributed by atoms with E-state index in [1.165, 1.54) is 11.1 Å². The van der Waals surface area contributed by atoms with Gasteiger partial charge < -0.3 is 0 Å². The molecule has 0 N–H and O–H groups in total. The summed E-state index contributed by atoms with van der Waals surface area (Å²) in [5.41, 5.74) is 2.49. The van der Waals surface area contributed by atoms with Crippen molar-refractivity contribution in [3.63, 3.8) is 0 Å². The maximum absolute atomic E-state index is 6.14. The van der Waals surface area contributed by atoms with Crippen LogP contribution < -0.4 is 0 Å². The maximum atomic E-state index is 6.14. The van der Waals surface area contributed by atoms with Gasteiger partial charge in [0.2, 0.25) is 0 Å². The van der Waals surface area contributed by atoms with Crippen LogP contribution in [0.5, 0.6) is 0 Å². The first-order chi connectivity index (χ1) is 8.25. The monoisotopic (exact) mass is 262 g/mol. The van der Waals surface area contributed by atoms with Gasteiger partial charge in [0, 0.05) is 10.3 Å².